The number of carbonyl (C=O) groups is 1. The molecule has 82 valence electrons. The van der Waals surface area contributed by atoms with Crippen LogP contribution in [0.2, 0.25) is 5.02 Å². The first-order chi connectivity index (χ1) is 7.10. The van der Waals surface area contributed by atoms with E-state index in [1.807, 2.05) is 0 Å². The summed E-state index contributed by atoms with van der Waals surface area (Å²) in [4.78, 5) is 11.7. The summed E-state index contributed by atoms with van der Waals surface area (Å²) < 4.78 is 18.3. The van der Waals surface area contributed by atoms with Gasteiger partial charge in [0.15, 0.2) is 5.78 Å². The predicted octanol–water partition coefficient (Wildman–Crippen LogP) is 3.09. The SMILES string of the molecule is CCC(OC)C(=O)c1ccc(Cl)cc1F. The average molecular weight is 231 g/mol. The Bertz CT molecular complexity index is 362. The van der Waals surface area contributed by atoms with Crippen LogP contribution in [-0.2, 0) is 4.74 Å². The van der Waals surface area contributed by atoms with E-state index in [1.165, 1.54) is 19.2 Å². The molecular weight excluding hydrogens is 219 g/mol. The summed E-state index contributed by atoms with van der Waals surface area (Å²) in [5.41, 5.74) is 0.0214. The Hall–Kier alpha value is -0.930. The number of benzene rings is 1. The van der Waals surface area contributed by atoms with Gasteiger partial charge in [-0.1, -0.05) is 18.5 Å². The molecule has 0 saturated heterocycles. The lowest BCUT2D eigenvalue weighted by Gasteiger charge is -2.12. The smallest absolute Gasteiger partial charge is 0.194 e. The van der Waals surface area contributed by atoms with Gasteiger partial charge in [0.05, 0.1) is 5.56 Å². The zero-order valence-electron chi connectivity index (χ0n) is 8.59. The number of Topliss-reactive ketones (excluding diaryl/α,β-unsaturated/α-hetero) is 1. The quantitative estimate of drug-likeness (QED) is 0.743. The summed E-state index contributed by atoms with van der Waals surface area (Å²) in [6.45, 7) is 1.81. The number of rotatable bonds is 4. The summed E-state index contributed by atoms with van der Waals surface area (Å²) in [6, 6.07) is 3.99. The molecule has 0 radical (unpaired) electrons. The van der Waals surface area contributed by atoms with Crippen LogP contribution < -0.4 is 0 Å². The second-order valence-corrected chi connectivity index (χ2v) is 3.56. The lowest BCUT2D eigenvalue weighted by atomic mass is 10.0. The van der Waals surface area contributed by atoms with Gasteiger partial charge in [0.25, 0.3) is 0 Å². The highest BCUT2D eigenvalue weighted by atomic mass is 35.5. The summed E-state index contributed by atoms with van der Waals surface area (Å²) in [5, 5.41) is 0.273. The van der Waals surface area contributed by atoms with E-state index in [9.17, 15) is 9.18 Å². The van der Waals surface area contributed by atoms with Gasteiger partial charge in [-0.3, -0.25) is 4.79 Å². The minimum absolute atomic E-state index is 0.0214. The molecule has 2 nitrogen and oxygen atoms in total. The highest BCUT2D eigenvalue weighted by Crippen LogP contribution is 2.17. The topological polar surface area (TPSA) is 26.3 Å². The maximum absolute atomic E-state index is 13.4. The van der Waals surface area contributed by atoms with Gasteiger partial charge in [-0.05, 0) is 24.6 Å². The van der Waals surface area contributed by atoms with Crippen molar-refractivity contribution in [2.45, 2.75) is 19.4 Å². The highest BCUT2D eigenvalue weighted by molar-refractivity contribution is 6.30. The van der Waals surface area contributed by atoms with Crippen molar-refractivity contribution < 1.29 is 13.9 Å². The van der Waals surface area contributed by atoms with E-state index in [4.69, 9.17) is 16.3 Å². The molecule has 0 fully saturated rings. The minimum atomic E-state index is -0.608. The fraction of sp³-hybridized carbons (Fsp3) is 0.364. The first-order valence-electron chi connectivity index (χ1n) is 4.62. The van der Waals surface area contributed by atoms with E-state index in [2.05, 4.69) is 0 Å². The minimum Gasteiger partial charge on any atom is -0.373 e. The average Bonchev–Trinajstić information content (AvgIpc) is 2.19. The molecule has 0 aromatic heterocycles. The Kier molecular flexibility index (Phi) is 4.24. The predicted molar refractivity (Wildman–Crippen MR) is 56.8 cm³/mol. The number of hydrogen-bond donors (Lipinski definition) is 0. The molecule has 0 bridgehead atoms. The van der Waals surface area contributed by atoms with E-state index in [0.29, 0.717) is 6.42 Å². The summed E-state index contributed by atoms with van der Waals surface area (Å²) in [6.07, 6.45) is -0.0853. The number of methoxy groups -OCH3 is 1. The van der Waals surface area contributed by atoms with Crippen molar-refractivity contribution in [1.29, 1.82) is 0 Å². The molecule has 0 amide bonds. The summed E-state index contributed by atoms with van der Waals surface area (Å²) >= 11 is 5.59. The van der Waals surface area contributed by atoms with Crippen molar-refractivity contribution in [3.63, 3.8) is 0 Å². The third-order valence-corrected chi connectivity index (χ3v) is 2.38. The zero-order valence-corrected chi connectivity index (χ0v) is 9.34. The Morgan fingerprint density at radius 1 is 1.60 bits per heavy atom. The van der Waals surface area contributed by atoms with Crippen molar-refractivity contribution >= 4 is 17.4 Å². The van der Waals surface area contributed by atoms with Crippen LogP contribution in [0, 0.1) is 5.82 Å². The van der Waals surface area contributed by atoms with E-state index >= 15 is 0 Å². The van der Waals surface area contributed by atoms with E-state index in [-0.39, 0.29) is 16.4 Å². The van der Waals surface area contributed by atoms with Gasteiger partial charge in [-0.25, -0.2) is 4.39 Å². The standard InChI is InChI=1S/C11H12ClFO2/c1-3-10(15-2)11(14)8-5-4-7(12)6-9(8)13/h4-6,10H,3H2,1-2H3. The number of ether oxygens (including phenoxy) is 1. The van der Waals surface area contributed by atoms with E-state index < -0.39 is 11.9 Å². The van der Waals surface area contributed by atoms with Gasteiger partial charge < -0.3 is 4.74 Å². The van der Waals surface area contributed by atoms with Gasteiger partial charge in [-0.15, -0.1) is 0 Å². The monoisotopic (exact) mass is 230 g/mol. The van der Waals surface area contributed by atoms with Crippen LogP contribution in [0.4, 0.5) is 4.39 Å². The summed E-state index contributed by atoms with van der Waals surface area (Å²) in [5.74, 6) is -0.961. The molecule has 0 spiro atoms. The third-order valence-electron chi connectivity index (χ3n) is 2.14. The lowest BCUT2D eigenvalue weighted by Crippen LogP contribution is -2.23. The molecule has 1 aromatic rings. The van der Waals surface area contributed by atoms with Gasteiger partial charge in [0.2, 0.25) is 0 Å². The molecule has 1 rings (SSSR count). The molecule has 0 aliphatic heterocycles. The Morgan fingerprint density at radius 3 is 2.73 bits per heavy atom. The fourth-order valence-corrected chi connectivity index (χ4v) is 1.48. The molecule has 1 unspecified atom stereocenters. The van der Waals surface area contributed by atoms with Crippen LogP contribution in [-0.4, -0.2) is 19.0 Å². The van der Waals surface area contributed by atoms with Crippen LogP contribution in [0.1, 0.15) is 23.7 Å². The zero-order chi connectivity index (χ0) is 11.4. The maximum Gasteiger partial charge on any atom is 0.194 e. The molecule has 4 heteroatoms. The van der Waals surface area contributed by atoms with Crippen molar-refractivity contribution in [2.75, 3.05) is 7.11 Å². The van der Waals surface area contributed by atoms with Crippen molar-refractivity contribution in [1.82, 2.24) is 0 Å². The van der Waals surface area contributed by atoms with Gasteiger partial charge in [-0.2, -0.15) is 0 Å². The molecule has 15 heavy (non-hydrogen) atoms. The Balaban J connectivity index is 3.00. The van der Waals surface area contributed by atoms with Crippen LogP contribution in [0.3, 0.4) is 0 Å². The molecule has 0 N–H and O–H groups in total. The molecule has 0 saturated carbocycles. The van der Waals surface area contributed by atoms with Crippen molar-refractivity contribution in [2.24, 2.45) is 0 Å². The first-order valence-corrected chi connectivity index (χ1v) is 5.00. The molecule has 0 aliphatic rings. The highest BCUT2D eigenvalue weighted by Gasteiger charge is 2.20. The van der Waals surface area contributed by atoms with E-state index in [0.717, 1.165) is 6.07 Å². The van der Waals surface area contributed by atoms with Crippen LogP contribution in [0.5, 0.6) is 0 Å². The number of hydrogen-bond acceptors (Lipinski definition) is 2. The molecule has 0 heterocycles. The number of carbonyl (C=O) groups excluding carboxylic acids is 1. The van der Waals surface area contributed by atoms with Crippen LogP contribution in [0.25, 0.3) is 0 Å². The van der Waals surface area contributed by atoms with Crippen LogP contribution >= 0.6 is 11.6 Å². The van der Waals surface area contributed by atoms with Crippen LogP contribution in [0.15, 0.2) is 18.2 Å². The normalized spacial score (nSPS) is 12.5. The largest absolute Gasteiger partial charge is 0.373 e. The fourth-order valence-electron chi connectivity index (χ4n) is 1.32. The maximum atomic E-state index is 13.4. The molecule has 0 aliphatic carbocycles. The second-order valence-electron chi connectivity index (χ2n) is 3.12. The number of ketones is 1. The van der Waals surface area contributed by atoms with Gasteiger partial charge >= 0.3 is 0 Å². The van der Waals surface area contributed by atoms with Crippen molar-refractivity contribution in [3.05, 3.63) is 34.6 Å². The molecule has 1 atom stereocenters. The van der Waals surface area contributed by atoms with E-state index in [1.54, 1.807) is 6.92 Å². The Labute approximate surface area is 93.0 Å². The third kappa shape index (κ3) is 2.76. The first kappa shape index (κ1) is 12.1. The van der Waals surface area contributed by atoms with Gasteiger partial charge in [0, 0.05) is 12.1 Å². The Morgan fingerprint density at radius 2 is 2.27 bits per heavy atom. The summed E-state index contributed by atoms with van der Waals surface area (Å²) in [7, 11) is 1.43. The second kappa shape index (κ2) is 5.24. The molecule has 1 aromatic carbocycles. The van der Waals surface area contributed by atoms with Gasteiger partial charge in [0.1, 0.15) is 11.9 Å². The number of halogens is 2. The molecular formula is C11H12ClFO2. The van der Waals surface area contributed by atoms with Crippen molar-refractivity contribution in [3.8, 4) is 0 Å². The lowest BCUT2D eigenvalue weighted by molar-refractivity contribution is 0.0591.